The van der Waals surface area contributed by atoms with Gasteiger partial charge in [-0.15, -0.1) is 5.10 Å². The van der Waals surface area contributed by atoms with Gasteiger partial charge in [-0.3, -0.25) is 4.90 Å². The molecular formula is C28H28FN7O2S. The number of piperazine rings is 1. The minimum Gasteiger partial charge on any atom is -0.497 e. The second kappa shape index (κ2) is 11.0. The monoisotopic (exact) mass is 545 g/mol. The van der Waals surface area contributed by atoms with Crippen LogP contribution >= 0.6 is 11.3 Å². The Kier molecular flexibility index (Phi) is 7.08. The summed E-state index contributed by atoms with van der Waals surface area (Å²) < 4.78 is 27.7. The van der Waals surface area contributed by atoms with Gasteiger partial charge in [0.05, 0.1) is 31.0 Å². The Labute approximate surface area is 229 Å². The van der Waals surface area contributed by atoms with Crippen LogP contribution in [0.2, 0.25) is 0 Å². The number of hydrogen-bond donors (Lipinski definition) is 0. The van der Waals surface area contributed by atoms with E-state index in [0.717, 1.165) is 48.0 Å². The molecule has 1 atom stereocenters. The van der Waals surface area contributed by atoms with Crippen LogP contribution in [0.25, 0.3) is 10.2 Å². The van der Waals surface area contributed by atoms with Crippen LogP contribution in [0, 0.1) is 5.82 Å². The number of tetrazole rings is 1. The van der Waals surface area contributed by atoms with Crippen molar-refractivity contribution in [2.75, 3.05) is 45.3 Å². The molecule has 0 aliphatic carbocycles. The largest absolute Gasteiger partial charge is 0.497 e. The van der Waals surface area contributed by atoms with Crippen molar-refractivity contribution >= 4 is 26.7 Å². The highest BCUT2D eigenvalue weighted by atomic mass is 32.1. The van der Waals surface area contributed by atoms with Crippen molar-refractivity contribution in [3.05, 3.63) is 89.5 Å². The van der Waals surface area contributed by atoms with Crippen LogP contribution in [-0.2, 0) is 6.54 Å². The summed E-state index contributed by atoms with van der Waals surface area (Å²) in [5.74, 6) is 1.82. The number of methoxy groups -OCH3 is 2. The molecule has 0 N–H and O–H groups in total. The second-order valence-electron chi connectivity index (χ2n) is 9.32. The topological polar surface area (TPSA) is 81.4 Å². The maximum absolute atomic E-state index is 13.5. The van der Waals surface area contributed by atoms with Crippen molar-refractivity contribution in [3.63, 3.8) is 0 Å². The standard InChI is InChI=1S/C28H28FN7O2S/c1-37-21-11-12-22(24(17-21)38-2)26(27-31-32-33-36(27)18-19-7-9-20(29)10-8-19)34-13-15-35(16-14-34)28-30-23-5-3-4-6-25(23)39-28/h3-12,17,26H,13-16,18H2,1-2H3. The maximum atomic E-state index is 13.5. The number of thiazole rings is 1. The molecule has 3 heterocycles. The average Bonchev–Trinajstić information content (AvgIpc) is 3.62. The Morgan fingerprint density at radius 3 is 2.49 bits per heavy atom. The lowest BCUT2D eigenvalue weighted by Crippen LogP contribution is -2.48. The number of rotatable bonds is 8. The van der Waals surface area contributed by atoms with Crippen molar-refractivity contribution in [1.29, 1.82) is 0 Å². The molecule has 3 aromatic carbocycles. The molecule has 0 amide bonds. The van der Waals surface area contributed by atoms with Gasteiger partial charge in [-0.05, 0) is 52.4 Å². The molecule has 0 bridgehead atoms. The third-order valence-corrected chi connectivity index (χ3v) is 8.11. The normalized spacial score (nSPS) is 15.0. The zero-order valence-electron chi connectivity index (χ0n) is 21.7. The number of benzene rings is 3. The zero-order valence-corrected chi connectivity index (χ0v) is 22.5. The van der Waals surface area contributed by atoms with Gasteiger partial charge < -0.3 is 14.4 Å². The van der Waals surface area contributed by atoms with Crippen molar-refractivity contribution < 1.29 is 13.9 Å². The molecule has 0 saturated carbocycles. The molecule has 11 heteroatoms. The predicted molar refractivity (Wildman–Crippen MR) is 148 cm³/mol. The van der Waals surface area contributed by atoms with Crippen molar-refractivity contribution in [3.8, 4) is 11.5 Å². The molecule has 2 aromatic heterocycles. The number of ether oxygens (including phenoxy) is 2. The molecule has 200 valence electrons. The fourth-order valence-electron chi connectivity index (χ4n) is 4.99. The Hall–Kier alpha value is -4.09. The summed E-state index contributed by atoms with van der Waals surface area (Å²) in [4.78, 5) is 9.57. The lowest BCUT2D eigenvalue weighted by Gasteiger charge is -2.39. The third-order valence-electron chi connectivity index (χ3n) is 7.02. The number of para-hydroxylation sites is 1. The molecule has 6 rings (SSSR count). The first kappa shape index (κ1) is 25.2. The molecule has 1 aliphatic rings. The smallest absolute Gasteiger partial charge is 0.186 e. The molecule has 1 saturated heterocycles. The summed E-state index contributed by atoms with van der Waals surface area (Å²) in [6, 6.07) is 20.2. The first-order valence-electron chi connectivity index (χ1n) is 12.7. The highest BCUT2D eigenvalue weighted by Gasteiger charge is 2.33. The SMILES string of the molecule is COc1ccc(C(c2nnnn2Cc2ccc(F)cc2)N2CCN(c3nc4ccccc4s3)CC2)c(OC)c1. The lowest BCUT2D eigenvalue weighted by atomic mass is 10.0. The van der Waals surface area contributed by atoms with E-state index >= 15 is 0 Å². The summed E-state index contributed by atoms with van der Waals surface area (Å²) >= 11 is 1.72. The van der Waals surface area contributed by atoms with E-state index in [1.54, 1.807) is 42.4 Å². The molecule has 1 fully saturated rings. The number of nitrogens with zero attached hydrogens (tertiary/aromatic N) is 7. The molecule has 39 heavy (non-hydrogen) atoms. The van der Waals surface area contributed by atoms with E-state index in [1.807, 2.05) is 30.3 Å². The molecular weight excluding hydrogens is 517 g/mol. The minimum absolute atomic E-state index is 0.265. The summed E-state index contributed by atoms with van der Waals surface area (Å²) in [7, 11) is 3.29. The molecule has 1 unspecified atom stereocenters. The molecule has 0 spiro atoms. The van der Waals surface area contributed by atoms with Crippen LogP contribution in [-0.4, -0.2) is 70.5 Å². The maximum Gasteiger partial charge on any atom is 0.186 e. The number of hydrogen-bond acceptors (Lipinski definition) is 9. The Morgan fingerprint density at radius 1 is 0.949 bits per heavy atom. The van der Waals surface area contributed by atoms with Gasteiger partial charge in [-0.25, -0.2) is 14.1 Å². The van der Waals surface area contributed by atoms with Gasteiger partial charge in [0.25, 0.3) is 0 Å². The highest BCUT2D eigenvalue weighted by molar-refractivity contribution is 7.22. The molecule has 1 aliphatic heterocycles. The van der Waals surface area contributed by atoms with Crippen molar-refractivity contribution in [1.82, 2.24) is 30.1 Å². The van der Waals surface area contributed by atoms with Gasteiger partial charge in [-0.1, -0.05) is 35.6 Å². The summed E-state index contributed by atoms with van der Waals surface area (Å²) in [6.45, 7) is 3.60. The minimum atomic E-state index is -0.275. The fourth-order valence-corrected chi connectivity index (χ4v) is 6.01. The zero-order chi connectivity index (χ0) is 26.8. The van der Waals surface area contributed by atoms with E-state index in [4.69, 9.17) is 14.5 Å². The first-order valence-corrected chi connectivity index (χ1v) is 13.5. The van der Waals surface area contributed by atoms with Gasteiger partial charge >= 0.3 is 0 Å². The number of anilines is 1. The molecule has 0 radical (unpaired) electrons. The average molecular weight is 546 g/mol. The van der Waals surface area contributed by atoms with Crippen molar-refractivity contribution in [2.45, 2.75) is 12.6 Å². The van der Waals surface area contributed by atoms with Gasteiger partial charge in [0.1, 0.15) is 23.4 Å². The molecule has 9 nitrogen and oxygen atoms in total. The van der Waals surface area contributed by atoms with Crippen LogP contribution in [0.15, 0.2) is 66.7 Å². The highest BCUT2D eigenvalue weighted by Crippen LogP contribution is 2.37. The van der Waals surface area contributed by atoms with E-state index in [0.29, 0.717) is 23.9 Å². The molecule has 5 aromatic rings. The third kappa shape index (κ3) is 5.15. The van der Waals surface area contributed by atoms with E-state index < -0.39 is 0 Å². The van der Waals surface area contributed by atoms with Gasteiger partial charge in [-0.2, -0.15) is 0 Å². The van der Waals surface area contributed by atoms with Gasteiger partial charge in [0, 0.05) is 37.8 Å². The fraction of sp³-hybridized carbons (Fsp3) is 0.286. The first-order chi connectivity index (χ1) is 19.1. The second-order valence-corrected chi connectivity index (χ2v) is 10.3. The van der Waals surface area contributed by atoms with E-state index in [2.05, 4.69) is 37.5 Å². The Morgan fingerprint density at radius 2 is 1.74 bits per heavy atom. The van der Waals surface area contributed by atoms with E-state index in [9.17, 15) is 4.39 Å². The lowest BCUT2D eigenvalue weighted by molar-refractivity contribution is 0.198. The summed E-state index contributed by atoms with van der Waals surface area (Å²) in [5.41, 5.74) is 2.88. The summed E-state index contributed by atoms with van der Waals surface area (Å²) in [5, 5.41) is 13.9. The van der Waals surface area contributed by atoms with Crippen LogP contribution in [0.5, 0.6) is 11.5 Å². The van der Waals surface area contributed by atoms with Crippen LogP contribution in [0.3, 0.4) is 0 Å². The number of fused-ring (bicyclic) bond motifs is 1. The number of halogens is 1. The quantitative estimate of drug-likeness (QED) is 0.284. The summed E-state index contributed by atoms with van der Waals surface area (Å²) in [6.07, 6.45) is 0. The van der Waals surface area contributed by atoms with E-state index in [-0.39, 0.29) is 11.9 Å². The van der Waals surface area contributed by atoms with E-state index in [1.165, 1.54) is 16.8 Å². The van der Waals surface area contributed by atoms with Gasteiger partial charge in [0.2, 0.25) is 0 Å². The van der Waals surface area contributed by atoms with Crippen LogP contribution in [0.4, 0.5) is 9.52 Å². The van der Waals surface area contributed by atoms with Gasteiger partial charge in [0.15, 0.2) is 11.0 Å². The van der Waals surface area contributed by atoms with Crippen LogP contribution in [0.1, 0.15) is 23.0 Å². The van der Waals surface area contributed by atoms with Crippen LogP contribution < -0.4 is 14.4 Å². The Bertz CT molecular complexity index is 1530. The Balaban J connectivity index is 1.32. The van der Waals surface area contributed by atoms with Crippen molar-refractivity contribution in [2.24, 2.45) is 0 Å². The predicted octanol–water partition coefficient (Wildman–Crippen LogP) is 4.40. The number of aromatic nitrogens is 5.